The summed E-state index contributed by atoms with van der Waals surface area (Å²) in [7, 11) is 0. The fourth-order valence-electron chi connectivity index (χ4n) is 1.40. The highest BCUT2D eigenvalue weighted by Gasteiger charge is 2.25. The van der Waals surface area contributed by atoms with E-state index in [4.69, 9.17) is 4.74 Å². The number of cyclic esters (lactones) is 1. The van der Waals surface area contributed by atoms with Crippen molar-refractivity contribution in [1.29, 1.82) is 0 Å². The summed E-state index contributed by atoms with van der Waals surface area (Å²) < 4.78 is 4.88. The molecule has 0 unspecified atom stereocenters. The number of aliphatic hydroxyl groups is 1. The monoisotopic (exact) mass is 190 g/mol. The number of benzene rings is 1. The Balaban J connectivity index is 2.13. The van der Waals surface area contributed by atoms with E-state index in [0.29, 0.717) is 0 Å². The maximum absolute atomic E-state index is 10.8. The lowest BCUT2D eigenvalue weighted by atomic mass is 10.1. The van der Waals surface area contributed by atoms with Gasteiger partial charge in [0.05, 0.1) is 0 Å². The van der Waals surface area contributed by atoms with Crippen LogP contribution in [0.5, 0.6) is 0 Å². The molecule has 0 saturated carbocycles. The summed E-state index contributed by atoms with van der Waals surface area (Å²) in [4.78, 5) is 10.8. The van der Waals surface area contributed by atoms with Crippen LogP contribution in [0.3, 0.4) is 0 Å². The lowest BCUT2D eigenvalue weighted by molar-refractivity contribution is -0.142. The van der Waals surface area contributed by atoms with Gasteiger partial charge in [-0.25, -0.2) is 4.79 Å². The molecule has 14 heavy (non-hydrogen) atoms. The van der Waals surface area contributed by atoms with Gasteiger partial charge in [-0.15, -0.1) is 0 Å². The van der Waals surface area contributed by atoms with E-state index < -0.39 is 18.2 Å². The summed E-state index contributed by atoms with van der Waals surface area (Å²) in [5, 5.41) is 9.81. The molecular formula is C11H10O3. The van der Waals surface area contributed by atoms with E-state index in [1.54, 1.807) is 18.2 Å². The molecule has 2 atom stereocenters. The van der Waals surface area contributed by atoms with Gasteiger partial charge in [0.1, 0.15) is 6.10 Å². The third kappa shape index (κ3) is 1.67. The molecule has 1 heterocycles. The third-order valence-corrected chi connectivity index (χ3v) is 2.13. The fourth-order valence-corrected chi connectivity index (χ4v) is 1.40. The Kier molecular flexibility index (Phi) is 2.33. The van der Waals surface area contributed by atoms with Crippen molar-refractivity contribution >= 4 is 5.97 Å². The highest BCUT2D eigenvalue weighted by molar-refractivity contribution is 5.84. The van der Waals surface area contributed by atoms with Crippen LogP contribution in [-0.2, 0) is 9.53 Å². The summed E-state index contributed by atoms with van der Waals surface area (Å²) in [6.45, 7) is 0. The first-order valence-electron chi connectivity index (χ1n) is 4.39. The van der Waals surface area contributed by atoms with Crippen LogP contribution in [-0.4, -0.2) is 17.2 Å². The van der Waals surface area contributed by atoms with Gasteiger partial charge < -0.3 is 9.84 Å². The van der Waals surface area contributed by atoms with Crippen LogP contribution in [0.1, 0.15) is 11.7 Å². The SMILES string of the molecule is O=C1C=C[C@@H]([C@H](O)c2ccccc2)O1. The van der Waals surface area contributed by atoms with Gasteiger partial charge in [-0.05, 0) is 11.6 Å². The van der Waals surface area contributed by atoms with E-state index >= 15 is 0 Å². The van der Waals surface area contributed by atoms with Crippen molar-refractivity contribution in [3.63, 3.8) is 0 Å². The van der Waals surface area contributed by atoms with Crippen LogP contribution < -0.4 is 0 Å². The molecule has 0 spiro atoms. The highest BCUT2D eigenvalue weighted by atomic mass is 16.6. The van der Waals surface area contributed by atoms with Crippen molar-refractivity contribution < 1.29 is 14.6 Å². The normalized spacial score (nSPS) is 22.1. The molecule has 0 aliphatic carbocycles. The third-order valence-electron chi connectivity index (χ3n) is 2.13. The number of esters is 1. The zero-order valence-electron chi connectivity index (χ0n) is 7.46. The lowest BCUT2D eigenvalue weighted by Gasteiger charge is -2.16. The summed E-state index contributed by atoms with van der Waals surface area (Å²) in [6.07, 6.45) is 1.57. The molecule has 3 heteroatoms. The highest BCUT2D eigenvalue weighted by Crippen LogP contribution is 2.22. The second-order valence-corrected chi connectivity index (χ2v) is 3.12. The number of rotatable bonds is 2. The Bertz CT molecular complexity index is 356. The summed E-state index contributed by atoms with van der Waals surface area (Å²) in [5.74, 6) is -0.398. The summed E-state index contributed by atoms with van der Waals surface area (Å²) in [6, 6.07) is 9.13. The number of hydrogen-bond acceptors (Lipinski definition) is 3. The summed E-state index contributed by atoms with van der Waals surface area (Å²) >= 11 is 0. The topological polar surface area (TPSA) is 46.5 Å². The first-order valence-corrected chi connectivity index (χ1v) is 4.39. The predicted molar refractivity (Wildman–Crippen MR) is 50.4 cm³/mol. The number of carbonyl (C=O) groups excluding carboxylic acids is 1. The van der Waals surface area contributed by atoms with Crippen LogP contribution in [0, 0.1) is 0 Å². The molecule has 0 fully saturated rings. The smallest absolute Gasteiger partial charge is 0.331 e. The quantitative estimate of drug-likeness (QED) is 0.713. The van der Waals surface area contributed by atoms with E-state index in [1.807, 2.05) is 18.2 Å². The van der Waals surface area contributed by atoms with E-state index in [0.717, 1.165) is 5.56 Å². The second kappa shape index (κ2) is 3.64. The Morgan fingerprint density at radius 3 is 2.57 bits per heavy atom. The van der Waals surface area contributed by atoms with Crippen molar-refractivity contribution in [2.24, 2.45) is 0 Å². The van der Waals surface area contributed by atoms with Crippen LogP contribution in [0.25, 0.3) is 0 Å². The average Bonchev–Trinajstić information content (AvgIpc) is 2.65. The van der Waals surface area contributed by atoms with E-state index in [9.17, 15) is 9.90 Å². The molecule has 1 aliphatic rings. The molecule has 1 aliphatic heterocycles. The first kappa shape index (κ1) is 8.97. The Morgan fingerprint density at radius 1 is 1.29 bits per heavy atom. The molecule has 1 N–H and O–H groups in total. The van der Waals surface area contributed by atoms with Crippen LogP contribution in [0.2, 0.25) is 0 Å². The molecular weight excluding hydrogens is 180 g/mol. The average molecular weight is 190 g/mol. The number of hydrogen-bond donors (Lipinski definition) is 1. The molecule has 2 rings (SSSR count). The van der Waals surface area contributed by atoms with Gasteiger partial charge >= 0.3 is 5.97 Å². The lowest BCUT2D eigenvalue weighted by Crippen LogP contribution is -2.17. The van der Waals surface area contributed by atoms with Gasteiger partial charge in [-0.3, -0.25) is 0 Å². The Hall–Kier alpha value is -1.61. The maximum Gasteiger partial charge on any atom is 0.331 e. The van der Waals surface area contributed by atoms with Crippen molar-refractivity contribution in [3.8, 4) is 0 Å². The molecule has 0 radical (unpaired) electrons. The van der Waals surface area contributed by atoms with Crippen LogP contribution in [0.4, 0.5) is 0 Å². The predicted octanol–water partition coefficient (Wildman–Crippen LogP) is 1.20. The van der Waals surface area contributed by atoms with Crippen molar-refractivity contribution in [2.45, 2.75) is 12.2 Å². The minimum Gasteiger partial charge on any atom is -0.452 e. The van der Waals surface area contributed by atoms with Gasteiger partial charge in [-0.1, -0.05) is 30.3 Å². The zero-order chi connectivity index (χ0) is 9.97. The van der Waals surface area contributed by atoms with Crippen LogP contribution in [0.15, 0.2) is 42.5 Å². The van der Waals surface area contributed by atoms with Gasteiger partial charge in [0.2, 0.25) is 0 Å². The first-order chi connectivity index (χ1) is 6.77. The molecule has 0 saturated heterocycles. The number of ether oxygens (including phenoxy) is 1. The molecule has 3 nitrogen and oxygen atoms in total. The van der Waals surface area contributed by atoms with Gasteiger partial charge in [0.25, 0.3) is 0 Å². The molecule has 0 bridgehead atoms. The van der Waals surface area contributed by atoms with Crippen molar-refractivity contribution in [3.05, 3.63) is 48.0 Å². The second-order valence-electron chi connectivity index (χ2n) is 3.12. The minimum absolute atomic E-state index is 0.398. The molecule has 0 aromatic heterocycles. The molecule has 0 amide bonds. The zero-order valence-corrected chi connectivity index (χ0v) is 7.46. The number of carbonyl (C=O) groups is 1. The minimum atomic E-state index is -0.779. The molecule has 1 aromatic rings. The van der Waals surface area contributed by atoms with E-state index in [1.165, 1.54) is 6.08 Å². The Labute approximate surface area is 81.6 Å². The van der Waals surface area contributed by atoms with Gasteiger partial charge in [0.15, 0.2) is 6.10 Å². The fraction of sp³-hybridized carbons (Fsp3) is 0.182. The van der Waals surface area contributed by atoms with Crippen molar-refractivity contribution in [2.75, 3.05) is 0 Å². The standard InChI is InChI=1S/C11H10O3/c12-10-7-6-9(14-10)11(13)8-4-2-1-3-5-8/h1-7,9,11,13H/t9-,11+/m0/s1. The summed E-state index contributed by atoms with van der Waals surface area (Å²) in [5.41, 5.74) is 0.747. The van der Waals surface area contributed by atoms with Crippen LogP contribution >= 0.6 is 0 Å². The van der Waals surface area contributed by atoms with Gasteiger partial charge in [0, 0.05) is 6.08 Å². The van der Waals surface area contributed by atoms with E-state index in [2.05, 4.69) is 0 Å². The number of aliphatic hydroxyl groups excluding tert-OH is 1. The largest absolute Gasteiger partial charge is 0.452 e. The van der Waals surface area contributed by atoms with E-state index in [-0.39, 0.29) is 0 Å². The molecule has 1 aromatic carbocycles. The molecule has 72 valence electrons. The van der Waals surface area contributed by atoms with Crippen molar-refractivity contribution in [1.82, 2.24) is 0 Å². The van der Waals surface area contributed by atoms with Gasteiger partial charge in [-0.2, -0.15) is 0 Å². The maximum atomic E-state index is 10.8. The Morgan fingerprint density at radius 2 is 2.00 bits per heavy atom.